The van der Waals surface area contributed by atoms with E-state index in [1.807, 2.05) is 18.3 Å². The molecule has 2 aromatic heterocycles. The van der Waals surface area contributed by atoms with Crippen LogP contribution in [0.2, 0.25) is 0 Å². The quantitative estimate of drug-likeness (QED) is 0.902. The smallest absolute Gasteiger partial charge is 0.347 e. The summed E-state index contributed by atoms with van der Waals surface area (Å²) in [6.45, 7) is 1.73. The number of carboxylic acids is 1. The van der Waals surface area contributed by atoms with Gasteiger partial charge in [0.1, 0.15) is 4.88 Å². The summed E-state index contributed by atoms with van der Waals surface area (Å²) in [4.78, 5) is 19.5. The molecule has 0 aliphatic carbocycles. The van der Waals surface area contributed by atoms with E-state index >= 15 is 0 Å². The number of aryl methyl sites for hydroxylation is 3. The van der Waals surface area contributed by atoms with Gasteiger partial charge in [0, 0.05) is 18.8 Å². The number of thiazole rings is 1. The highest BCUT2D eigenvalue weighted by atomic mass is 32.1. The summed E-state index contributed by atoms with van der Waals surface area (Å²) in [5.41, 5.74) is 1.74. The highest BCUT2D eigenvalue weighted by molar-refractivity contribution is 7.13. The van der Waals surface area contributed by atoms with Gasteiger partial charge in [-0.2, -0.15) is 0 Å². The Bertz CT molecular complexity index is 523. The third kappa shape index (κ3) is 2.88. The lowest BCUT2D eigenvalue weighted by Gasteiger charge is -1.96. The van der Waals surface area contributed by atoms with Crippen LogP contribution < -0.4 is 0 Å². The molecule has 0 fully saturated rings. The van der Waals surface area contributed by atoms with E-state index in [4.69, 9.17) is 5.11 Å². The molecule has 0 aliphatic heterocycles. The predicted molar refractivity (Wildman–Crippen MR) is 65.5 cm³/mol. The second kappa shape index (κ2) is 5.05. The second-order valence-corrected chi connectivity index (χ2v) is 4.77. The number of rotatable bonds is 4. The van der Waals surface area contributed by atoms with Crippen molar-refractivity contribution in [2.24, 2.45) is 0 Å². The Labute approximate surface area is 103 Å². The first-order valence-electron chi connectivity index (χ1n) is 5.25. The van der Waals surface area contributed by atoms with Gasteiger partial charge in [0.2, 0.25) is 0 Å². The molecule has 17 heavy (non-hydrogen) atoms. The van der Waals surface area contributed by atoms with E-state index in [1.54, 1.807) is 13.1 Å². The van der Waals surface area contributed by atoms with Crippen molar-refractivity contribution in [3.8, 4) is 0 Å². The normalized spacial score (nSPS) is 10.4. The first-order chi connectivity index (χ1) is 8.16. The van der Waals surface area contributed by atoms with Gasteiger partial charge in [-0.25, -0.2) is 9.78 Å². The van der Waals surface area contributed by atoms with Gasteiger partial charge in [-0.05, 0) is 25.0 Å². The van der Waals surface area contributed by atoms with E-state index in [9.17, 15) is 4.79 Å². The van der Waals surface area contributed by atoms with Crippen LogP contribution in [-0.2, 0) is 12.8 Å². The summed E-state index contributed by atoms with van der Waals surface area (Å²) in [6.07, 6.45) is 5.14. The molecule has 0 aliphatic rings. The van der Waals surface area contributed by atoms with Gasteiger partial charge in [-0.1, -0.05) is 6.07 Å². The van der Waals surface area contributed by atoms with Crippen LogP contribution in [0.3, 0.4) is 0 Å². The Kier molecular flexibility index (Phi) is 3.49. The molecule has 0 atom stereocenters. The standard InChI is InChI=1S/C12H12N2O2S/c1-8-11(12(15)16)17-10(14-8)5-4-9-3-2-6-13-7-9/h2-3,6-7H,4-5H2,1H3,(H,15,16). The molecule has 2 aromatic rings. The molecule has 0 amide bonds. The number of hydrogen-bond donors (Lipinski definition) is 1. The van der Waals surface area contributed by atoms with Crippen molar-refractivity contribution in [1.29, 1.82) is 0 Å². The van der Waals surface area contributed by atoms with Crippen molar-refractivity contribution < 1.29 is 9.90 Å². The molecule has 0 bridgehead atoms. The van der Waals surface area contributed by atoms with Crippen LogP contribution in [0.15, 0.2) is 24.5 Å². The summed E-state index contributed by atoms with van der Waals surface area (Å²) in [5, 5.41) is 9.79. The van der Waals surface area contributed by atoms with Crippen LogP contribution in [0, 0.1) is 6.92 Å². The maximum Gasteiger partial charge on any atom is 0.347 e. The molecule has 2 heterocycles. The molecule has 88 valence electrons. The Morgan fingerprint density at radius 2 is 2.29 bits per heavy atom. The highest BCUT2D eigenvalue weighted by Gasteiger charge is 2.13. The number of aromatic carboxylic acids is 1. The Morgan fingerprint density at radius 3 is 2.88 bits per heavy atom. The third-order valence-corrected chi connectivity index (χ3v) is 3.59. The lowest BCUT2D eigenvalue weighted by atomic mass is 10.2. The Hall–Kier alpha value is -1.75. The zero-order valence-corrected chi connectivity index (χ0v) is 10.2. The third-order valence-electron chi connectivity index (χ3n) is 2.39. The summed E-state index contributed by atoms with van der Waals surface area (Å²) in [7, 11) is 0. The first kappa shape index (κ1) is 11.7. The zero-order valence-electron chi connectivity index (χ0n) is 9.38. The summed E-state index contributed by atoms with van der Waals surface area (Å²) >= 11 is 1.26. The van der Waals surface area contributed by atoms with Crippen molar-refractivity contribution in [3.63, 3.8) is 0 Å². The highest BCUT2D eigenvalue weighted by Crippen LogP contribution is 2.19. The van der Waals surface area contributed by atoms with E-state index < -0.39 is 5.97 Å². The van der Waals surface area contributed by atoms with Crippen molar-refractivity contribution in [2.75, 3.05) is 0 Å². The Morgan fingerprint density at radius 1 is 1.47 bits per heavy atom. The van der Waals surface area contributed by atoms with Gasteiger partial charge >= 0.3 is 5.97 Å². The molecule has 4 nitrogen and oxygen atoms in total. The number of carbonyl (C=O) groups is 1. The SMILES string of the molecule is Cc1nc(CCc2cccnc2)sc1C(=O)O. The van der Waals surface area contributed by atoms with Crippen molar-refractivity contribution in [1.82, 2.24) is 9.97 Å². The molecule has 0 saturated carbocycles. The van der Waals surface area contributed by atoms with Gasteiger partial charge in [-0.3, -0.25) is 4.98 Å². The first-order valence-corrected chi connectivity index (χ1v) is 6.07. The van der Waals surface area contributed by atoms with Crippen LogP contribution in [0.4, 0.5) is 0 Å². The molecular weight excluding hydrogens is 236 g/mol. The van der Waals surface area contributed by atoms with E-state index in [1.165, 1.54) is 11.3 Å². The minimum Gasteiger partial charge on any atom is -0.477 e. The van der Waals surface area contributed by atoms with Gasteiger partial charge in [-0.15, -0.1) is 11.3 Å². The van der Waals surface area contributed by atoms with E-state index in [0.717, 1.165) is 23.4 Å². The van der Waals surface area contributed by atoms with Crippen molar-refractivity contribution in [3.05, 3.63) is 45.7 Å². The van der Waals surface area contributed by atoms with Gasteiger partial charge < -0.3 is 5.11 Å². The summed E-state index contributed by atoms with van der Waals surface area (Å²) in [5.74, 6) is -0.896. The fraction of sp³-hybridized carbons (Fsp3) is 0.250. The average Bonchev–Trinajstić information content (AvgIpc) is 2.69. The van der Waals surface area contributed by atoms with Crippen LogP contribution in [0.25, 0.3) is 0 Å². The molecule has 0 saturated heterocycles. The summed E-state index contributed by atoms with van der Waals surface area (Å²) in [6, 6.07) is 3.90. The molecule has 5 heteroatoms. The molecule has 0 spiro atoms. The molecule has 0 aromatic carbocycles. The van der Waals surface area contributed by atoms with E-state index in [-0.39, 0.29) is 0 Å². The van der Waals surface area contributed by atoms with E-state index in [0.29, 0.717) is 10.6 Å². The van der Waals surface area contributed by atoms with Crippen molar-refractivity contribution in [2.45, 2.75) is 19.8 Å². The van der Waals surface area contributed by atoms with Crippen LogP contribution in [0.5, 0.6) is 0 Å². The molecule has 0 radical (unpaired) electrons. The number of hydrogen-bond acceptors (Lipinski definition) is 4. The maximum atomic E-state index is 10.9. The maximum absolute atomic E-state index is 10.9. The number of nitrogens with zero attached hydrogens (tertiary/aromatic N) is 2. The lowest BCUT2D eigenvalue weighted by molar-refractivity contribution is 0.0701. The largest absolute Gasteiger partial charge is 0.477 e. The number of aromatic nitrogens is 2. The molecule has 2 rings (SSSR count). The zero-order chi connectivity index (χ0) is 12.3. The molecule has 1 N–H and O–H groups in total. The Balaban J connectivity index is 2.05. The fourth-order valence-electron chi connectivity index (χ4n) is 1.55. The van der Waals surface area contributed by atoms with Crippen molar-refractivity contribution >= 4 is 17.3 Å². The average molecular weight is 248 g/mol. The van der Waals surface area contributed by atoms with Crippen LogP contribution >= 0.6 is 11.3 Å². The van der Waals surface area contributed by atoms with Crippen LogP contribution in [0.1, 0.15) is 25.9 Å². The minimum atomic E-state index is -0.896. The van der Waals surface area contributed by atoms with Gasteiger partial charge in [0.05, 0.1) is 10.7 Å². The van der Waals surface area contributed by atoms with Gasteiger partial charge in [0.15, 0.2) is 0 Å². The van der Waals surface area contributed by atoms with Crippen LogP contribution in [-0.4, -0.2) is 21.0 Å². The van der Waals surface area contributed by atoms with E-state index in [2.05, 4.69) is 9.97 Å². The number of carboxylic acid groups (broad SMARTS) is 1. The topological polar surface area (TPSA) is 63.1 Å². The number of pyridine rings is 1. The lowest BCUT2D eigenvalue weighted by Crippen LogP contribution is -1.94. The minimum absolute atomic E-state index is 0.339. The molecule has 0 unspecified atom stereocenters. The monoisotopic (exact) mass is 248 g/mol. The molecular formula is C12H12N2O2S. The fourth-order valence-corrected chi connectivity index (χ4v) is 2.46. The summed E-state index contributed by atoms with van der Waals surface area (Å²) < 4.78 is 0. The van der Waals surface area contributed by atoms with Gasteiger partial charge in [0.25, 0.3) is 0 Å². The second-order valence-electron chi connectivity index (χ2n) is 3.69. The predicted octanol–water partition coefficient (Wildman–Crippen LogP) is 2.33.